The summed E-state index contributed by atoms with van der Waals surface area (Å²) in [5, 5.41) is 33.3. The molecule has 0 spiro atoms. The molecule has 18 heteroatoms. The van der Waals surface area contributed by atoms with Crippen LogP contribution in [0.2, 0.25) is 0 Å². The fourth-order valence-electron chi connectivity index (χ4n) is 4.16. The van der Waals surface area contributed by atoms with E-state index in [1.54, 1.807) is 34.3 Å². The molecule has 2 N–H and O–H groups in total. The Morgan fingerprint density at radius 1 is 0.820 bits per heavy atom. The predicted molar refractivity (Wildman–Crippen MR) is 253 cm³/mol. The molecule has 350 valence electrons. The van der Waals surface area contributed by atoms with Crippen molar-refractivity contribution in [3.8, 4) is 0 Å². The van der Waals surface area contributed by atoms with E-state index in [4.69, 9.17) is 4.42 Å². The van der Waals surface area contributed by atoms with E-state index in [2.05, 4.69) is 107 Å². The van der Waals surface area contributed by atoms with Crippen LogP contribution in [0.5, 0.6) is 0 Å². The molecule has 0 radical (unpaired) electrons. The van der Waals surface area contributed by atoms with Gasteiger partial charge in [-0.15, -0.1) is 48.2 Å². The minimum Gasteiger partial charge on any atom is -0.425 e. The molecule has 1 unspecified atom stereocenters. The van der Waals surface area contributed by atoms with Crippen LogP contribution in [0.25, 0.3) is 0 Å². The van der Waals surface area contributed by atoms with Gasteiger partial charge < -0.3 is 14.6 Å². The van der Waals surface area contributed by atoms with Crippen LogP contribution in [0.3, 0.4) is 0 Å². The summed E-state index contributed by atoms with van der Waals surface area (Å²) >= 11 is 3.34. The summed E-state index contributed by atoms with van der Waals surface area (Å²) in [4.78, 5) is 39.5. The second kappa shape index (κ2) is 34.2. The molecule has 6 rings (SSSR count). The standard InChI is InChI=1S/C8H13NO.C6H10N2O2.C6H10N2O.C6H10N2S.C5H10N4.C4H5NS.C4H10.C2H6.2CH4/c1-6(2)9-5-4-7(3)8(9)10;1-3(2)4-5(9)8-6(10)7-4;2*1-4(2)6-8-7-5(3)9-6;1-4(2)5-6-7-8-9(5)3;1-4-2-5-3-6-4;1-4(2)3;1-2;;/h6H,3-5H2,1-2H3;3-4H,1-2H3,(H2,7,8,9,10);3*4H,1-3H3;2-3H,1H3;4H,1-3H3;1-2H3;2*1H4. The number of hydrogen-bond acceptors (Lipinski definition) is 14. The predicted octanol–water partition coefficient (Wildman–Crippen LogP) is 10.3. The highest BCUT2D eigenvalue weighted by molar-refractivity contribution is 7.11. The fraction of sp³-hybridized carbons (Fsp3) is 0.698. The molecule has 4 aromatic heterocycles. The van der Waals surface area contributed by atoms with E-state index >= 15 is 0 Å². The van der Waals surface area contributed by atoms with Gasteiger partial charge in [0, 0.05) is 61.0 Å². The summed E-state index contributed by atoms with van der Waals surface area (Å²) in [5.41, 5.74) is 2.59. The van der Waals surface area contributed by atoms with Crippen molar-refractivity contribution >= 4 is 40.5 Å². The van der Waals surface area contributed by atoms with Crippen LogP contribution in [0.1, 0.15) is 175 Å². The van der Waals surface area contributed by atoms with Gasteiger partial charge in [0.15, 0.2) is 5.82 Å². The highest BCUT2D eigenvalue weighted by Gasteiger charge is 2.31. The fourth-order valence-corrected chi connectivity index (χ4v) is 5.27. The van der Waals surface area contributed by atoms with Gasteiger partial charge in [0.1, 0.15) is 16.1 Å². The first-order valence-electron chi connectivity index (χ1n) is 20.3. The molecule has 6 heterocycles. The van der Waals surface area contributed by atoms with Crippen LogP contribution in [0, 0.1) is 32.6 Å². The maximum atomic E-state index is 11.2. The van der Waals surface area contributed by atoms with E-state index in [0.717, 1.165) is 40.3 Å². The summed E-state index contributed by atoms with van der Waals surface area (Å²) in [6.07, 6.45) is 2.70. The quantitative estimate of drug-likeness (QED) is 0.142. The Morgan fingerprint density at radius 2 is 1.39 bits per heavy atom. The topological polar surface area (TPSA) is 200 Å². The Hall–Kier alpha value is -4.45. The first-order valence-corrected chi connectivity index (χ1v) is 21.9. The highest BCUT2D eigenvalue weighted by Crippen LogP contribution is 2.18. The number of likely N-dealkylation sites (tertiary alicyclic amines) is 1. The van der Waals surface area contributed by atoms with Crippen molar-refractivity contribution in [3.63, 3.8) is 0 Å². The lowest BCUT2D eigenvalue weighted by Crippen LogP contribution is -2.33. The molecular formula is C43H82N12O4S2. The minimum absolute atomic E-state index is 0. The molecule has 61 heavy (non-hydrogen) atoms. The number of aryl methyl sites for hydroxylation is 4. The first-order chi connectivity index (χ1) is 27.5. The molecule has 1 atom stereocenters. The van der Waals surface area contributed by atoms with Crippen LogP contribution < -0.4 is 10.6 Å². The number of rotatable bonds is 5. The Bertz CT molecular complexity index is 1680. The lowest BCUT2D eigenvalue weighted by atomic mass is 10.1. The summed E-state index contributed by atoms with van der Waals surface area (Å²) in [6.45, 7) is 41.1. The van der Waals surface area contributed by atoms with Crippen molar-refractivity contribution in [3.05, 3.63) is 56.4 Å². The number of hydrogen-bond donors (Lipinski definition) is 2. The van der Waals surface area contributed by atoms with Gasteiger partial charge in [-0.2, -0.15) is 0 Å². The first kappa shape index (κ1) is 63.2. The smallest absolute Gasteiger partial charge is 0.322 e. The van der Waals surface area contributed by atoms with E-state index in [-0.39, 0.29) is 44.7 Å². The number of tetrazole rings is 1. The third kappa shape index (κ3) is 27.9. The molecule has 0 aliphatic carbocycles. The molecule has 2 fully saturated rings. The number of urea groups is 1. The summed E-state index contributed by atoms with van der Waals surface area (Å²) in [7, 11) is 1.84. The normalized spacial score (nSPS) is 13.5. The average molecular weight is 895 g/mol. The molecule has 0 saturated carbocycles. The lowest BCUT2D eigenvalue weighted by molar-refractivity contribution is -0.126. The van der Waals surface area contributed by atoms with Gasteiger partial charge in [0.05, 0.1) is 5.51 Å². The van der Waals surface area contributed by atoms with Gasteiger partial charge in [0.25, 0.3) is 5.91 Å². The van der Waals surface area contributed by atoms with Crippen LogP contribution >= 0.6 is 22.7 Å². The molecule has 4 aromatic rings. The Balaban J connectivity index is -0.000000311. The zero-order chi connectivity index (χ0) is 46.0. The van der Waals surface area contributed by atoms with E-state index in [1.807, 2.05) is 92.9 Å². The van der Waals surface area contributed by atoms with E-state index in [0.29, 0.717) is 35.6 Å². The highest BCUT2D eigenvalue weighted by atomic mass is 32.1. The van der Waals surface area contributed by atoms with Crippen molar-refractivity contribution in [1.82, 2.24) is 61.1 Å². The number of carbonyl (C=O) groups is 3. The third-order valence-corrected chi connectivity index (χ3v) is 8.95. The van der Waals surface area contributed by atoms with Crippen LogP contribution in [-0.4, -0.2) is 87.0 Å². The number of imide groups is 1. The average Bonchev–Trinajstić information content (AvgIpc) is 4.01. The SMILES string of the molecule is C.C.C=C1CCN(C(C)C)C1=O.CC.CC(C)C.CC(C)C1NC(=O)NC1=O.CC(C)c1nnnn1C.Cc1cncs1.Cc1nnc(C(C)C)o1.Cc1nnc(C(C)C)s1. The lowest BCUT2D eigenvalue weighted by Gasteiger charge is -2.19. The van der Waals surface area contributed by atoms with Crippen LogP contribution in [0.4, 0.5) is 4.79 Å². The molecule has 0 aromatic carbocycles. The van der Waals surface area contributed by atoms with Crippen molar-refractivity contribution in [2.24, 2.45) is 18.9 Å². The maximum absolute atomic E-state index is 11.2. The number of carbonyl (C=O) groups excluding carboxylic acids is 3. The summed E-state index contributed by atoms with van der Waals surface area (Å²) < 4.78 is 6.81. The van der Waals surface area contributed by atoms with Crippen molar-refractivity contribution < 1.29 is 18.8 Å². The van der Waals surface area contributed by atoms with Crippen LogP contribution in [-0.2, 0) is 16.6 Å². The van der Waals surface area contributed by atoms with Gasteiger partial charge in [-0.05, 0) is 56.4 Å². The molecule has 2 saturated heterocycles. The maximum Gasteiger partial charge on any atom is 0.322 e. The van der Waals surface area contributed by atoms with E-state index < -0.39 is 0 Å². The number of amides is 4. The number of nitrogens with zero attached hydrogens (tertiary/aromatic N) is 10. The van der Waals surface area contributed by atoms with Gasteiger partial charge in [0.2, 0.25) is 17.7 Å². The zero-order valence-electron chi connectivity index (χ0n) is 39.2. The number of nitrogens with one attached hydrogen (secondary N) is 2. The van der Waals surface area contributed by atoms with Gasteiger partial charge in [-0.3, -0.25) is 19.9 Å². The second-order valence-corrected chi connectivity index (χ2v) is 17.7. The van der Waals surface area contributed by atoms with E-state index in [1.165, 1.54) is 4.88 Å². The van der Waals surface area contributed by atoms with Gasteiger partial charge in [-0.25, -0.2) is 9.48 Å². The molecule has 0 bridgehead atoms. The van der Waals surface area contributed by atoms with E-state index in [9.17, 15) is 14.4 Å². The van der Waals surface area contributed by atoms with Crippen molar-refractivity contribution in [2.75, 3.05) is 6.54 Å². The molecule has 2 aliphatic rings. The summed E-state index contributed by atoms with van der Waals surface area (Å²) in [5.74, 6) is 4.45. The Labute approximate surface area is 376 Å². The number of thiazole rings is 1. The second-order valence-electron chi connectivity index (χ2n) is 15.4. The van der Waals surface area contributed by atoms with Crippen LogP contribution in [0.15, 0.2) is 28.3 Å². The minimum atomic E-state index is -0.385. The monoisotopic (exact) mass is 895 g/mol. The van der Waals surface area contributed by atoms with Crippen molar-refractivity contribution in [1.29, 1.82) is 0 Å². The Morgan fingerprint density at radius 3 is 1.57 bits per heavy atom. The van der Waals surface area contributed by atoms with Gasteiger partial charge >= 0.3 is 6.03 Å². The van der Waals surface area contributed by atoms with Crippen molar-refractivity contribution in [2.45, 2.75) is 176 Å². The molecule has 2 aliphatic heterocycles. The largest absolute Gasteiger partial charge is 0.425 e. The molecule has 16 nitrogen and oxygen atoms in total. The molecular weight excluding hydrogens is 813 g/mol. The molecule has 4 amide bonds. The number of aromatic nitrogens is 9. The van der Waals surface area contributed by atoms with Gasteiger partial charge in [-0.1, -0.05) is 111 Å². The zero-order valence-corrected chi connectivity index (χ0v) is 40.9. The summed E-state index contributed by atoms with van der Waals surface area (Å²) in [6, 6.07) is -0.400. The third-order valence-electron chi connectivity index (χ3n) is 7.11. The Kier molecular flexibility index (Phi) is 35.4.